The topological polar surface area (TPSA) is 78.9 Å². The van der Waals surface area contributed by atoms with Crippen molar-refractivity contribution in [2.45, 2.75) is 0 Å². The fraction of sp³-hybridized carbons (Fsp3) is 0.0909. The zero-order chi connectivity index (χ0) is 19.5. The summed E-state index contributed by atoms with van der Waals surface area (Å²) in [6.07, 6.45) is 0. The van der Waals surface area contributed by atoms with Gasteiger partial charge < -0.3 is 18.3 Å². The van der Waals surface area contributed by atoms with Gasteiger partial charge in [0.05, 0.1) is 0 Å². The first kappa shape index (κ1) is 17.6. The van der Waals surface area contributed by atoms with Crippen molar-refractivity contribution in [1.29, 1.82) is 0 Å². The molecule has 0 N–H and O–H groups in total. The lowest BCUT2D eigenvalue weighted by Crippen LogP contribution is -2.09. The van der Waals surface area contributed by atoms with E-state index in [4.69, 9.17) is 18.3 Å². The second kappa shape index (κ2) is 7.44. The van der Waals surface area contributed by atoms with E-state index in [1.54, 1.807) is 24.3 Å². The number of benzene rings is 2. The van der Waals surface area contributed by atoms with Crippen molar-refractivity contribution >= 4 is 21.9 Å². The molecule has 0 aliphatic heterocycles. The molecule has 6 heteroatoms. The van der Waals surface area contributed by atoms with E-state index in [1.165, 1.54) is 12.1 Å². The van der Waals surface area contributed by atoms with Gasteiger partial charge in [-0.2, -0.15) is 0 Å². The Labute approximate surface area is 159 Å². The lowest BCUT2D eigenvalue weighted by molar-refractivity contribution is 0.299. The second-order valence-corrected chi connectivity index (χ2v) is 6.19. The summed E-state index contributed by atoms with van der Waals surface area (Å²) >= 11 is 0. The van der Waals surface area contributed by atoms with E-state index >= 15 is 0 Å². The van der Waals surface area contributed by atoms with Crippen LogP contribution in [0.4, 0.5) is 0 Å². The number of hydrogen-bond donors (Lipinski definition) is 0. The summed E-state index contributed by atoms with van der Waals surface area (Å²) in [4.78, 5) is 22.9. The van der Waals surface area contributed by atoms with Crippen molar-refractivity contribution in [2.75, 3.05) is 13.2 Å². The molecule has 0 saturated carbocycles. The van der Waals surface area contributed by atoms with Crippen LogP contribution in [0.3, 0.4) is 0 Å². The third kappa shape index (κ3) is 3.66. The minimum absolute atomic E-state index is 0.173. The quantitative estimate of drug-likeness (QED) is 0.375. The Bertz CT molecular complexity index is 1180. The molecule has 0 bridgehead atoms. The van der Waals surface area contributed by atoms with Crippen molar-refractivity contribution in [1.82, 2.24) is 0 Å². The van der Waals surface area contributed by atoms with Crippen LogP contribution < -0.4 is 20.7 Å². The van der Waals surface area contributed by atoms with E-state index in [-0.39, 0.29) is 13.2 Å². The van der Waals surface area contributed by atoms with E-state index in [0.717, 1.165) is 10.8 Å². The summed E-state index contributed by atoms with van der Waals surface area (Å²) in [5.74, 6) is 0.903. The third-order valence-electron chi connectivity index (χ3n) is 4.09. The minimum atomic E-state index is -0.442. The Morgan fingerprint density at radius 3 is 1.64 bits per heavy atom. The van der Waals surface area contributed by atoms with Crippen LogP contribution in [-0.4, -0.2) is 13.2 Å². The number of rotatable bonds is 6. The lowest BCUT2D eigenvalue weighted by atomic mass is 10.2. The first-order valence-corrected chi connectivity index (χ1v) is 8.58. The Morgan fingerprint density at radius 2 is 1.18 bits per heavy atom. The summed E-state index contributed by atoms with van der Waals surface area (Å²) < 4.78 is 22.0. The average molecular weight is 376 g/mol. The van der Waals surface area contributed by atoms with Crippen molar-refractivity contribution in [2.24, 2.45) is 0 Å². The second-order valence-electron chi connectivity index (χ2n) is 6.19. The molecule has 0 atom stereocenters. The van der Waals surface area contributed by atoms with Crippen LogP contribution in [0.2, 0.25) is 0 Å². The van der Waals surface area contributed by atoms with E-state index in [1.807, 2.05) is 24.3 Å². The van der Waals surface area contributed by atoms with E-state index in [9.17, 15) is 9.59 Å². The van der Waals surface area contributed by atoms with Crippen LogP contribution in [0, 0.1) is 0 Å². The van der Waals surface area contributed by atoms with Gasteiger partial charge in [0.15, 0.2) is 22.7 Å². The SMILES string of the molecule is C=C(COc1cccc2ccc(=O)oc12)COc1cccc2ccc(=O)oc12. The van der Waals surface area contributed by atoms with Gasteiger partial charge in [0.2, 0.25) is 0 Å². The molecule has 0 aliphatic carbocycles. The molecule has 0 aliphatic rings. The van der Waals surface area contributed by atoms with Gasteiger partial charge in [-0.15, -0.1) is 0 Å². The van der Waals surface area contributed by atoms with E-state index in [2.05, 4.69) is 6.58 Å². The van der Waals surface area contributed by atoms with Gasteiger partial charge in [-0.05, 0) is 29.8 Å². The maximum absolute atomic E-state index is 11.5. The van der Waals surface area contributed by atoms with Gasteiger partial charge in [0.1, 0.15) is 13.2 Å². The highest BCUT2D eigenvalue weighted by Gasteiger charge is 2.08. The molecular formula is C22H16O6. The van der Waals surface area contributed by atoms with Gasteiger partial charge in [-0.25, -0.2) is 9.59 Å². The van der Waals surface area contributed by atoms with Crippen LogP contribution in [-0.2, 0) is 0 Å². The molecule has 28 heavy (non-hydrogen) atoms. The van der Waals surface area contributed by atoms with Gasteiger partial charge in [0.25, 0.3) is 0 Å². The first-order valence-electron chi connectivity index (χ1n) is 8.58. The molecule has 4 aromatic rings. The first-order chi connectivity index (χ1) is 13.6. The Balaban J connectivity index is 1.45. The van der Waals surface area contributed by atoms with Crippen LogP contribution in [0.25, 0.3) is 21.9 Å². The largest absolute Gasteiger partial charge is 0.485 e. The molecule has 0 unspecified atom stereocenters. The highest BCUT2D eigenvalue weighted by Crippen LogP contribution is 2.26. The number of ether oxygens (including phenoxy) is 2. The Morgan fingerprint density at radius 1 is 0.714 bits per heavy atom. The molecular weight excluding hydrogens is 360 g/mol. The van der Waals surface area contributed by atoms with Crippen LogP contribution >= 0.6 is 0 Å². The van der Waals surface area contributed by atoms with Crippen molar-refractivity contribution < 1.29 is 18.3 Å². The van der Waals surface area contributed by atoms with Crippen molar-refractivity contribution in [3.8, 4) is 11.5 Å². The van der Waals surface area contributed by atoms with E-state index in [0.29, 0.717) is 28.2 Å². The van der Waals surface area contributed by atoms with Crippen molar-refractivity contribution in [3.05, 3.63) is 93.7 Å². The van der Waals surface area contributed by atoms with Gasteiger partial charge in [-0.1, -0.05) is 30.8 Å². The monoisotopic (exact) mass is 376 g/mol. The molecule has 0 spiro atoms. The molecule has 4 rings (SSSR count). The smallest absolute Gasteiger partial charge is 0.336 e. The Hall–Kier alpha value is -3.80. The number of para-hydroxylation sites is 2. The zero-order valence-electron chi connectivity index (χ0n) is 14.8. The summed E-state index contributed by atoms with van der Waals surface area (Å²) in [7, 11) is 0. The predicted octanol–water partition coefficient (Wildman–Crippen LogP) is 3.91. The minimum Gasteiger partial charge on any atom is -0.485 e. The van der Waals surface area contributed by atoms with Gasteiger partial charge >= 0.3 is 11.3 Å². The van der Waals surface area contributed by atoms with Crippen molar-refractivity contribution in [3.63, 3.8) is 0 Å². The van der Waals surface area contributed by atoms with Gasteiger partial charge in [0, 0.05) is 22.9 Å². The molecule has 140 valence electrons. The van der Waals surface area contributed by atoms with E-state index < -0.39 is 11.3 Å². The predicted molar refractivity (Wildman–Crippen MR) is 105 cm³/mol. The fourth-order valence-corrected chi connectivity index (χ4v) is 2.76. The molecule has 2 heterocycles. The fourth-order valence-electron chi connectivity index (χ4n) is 2.76. The highest BCUT2D eigenvalue weighted by atomic mass is 16.5. The highest BCUT2D eigenvalue weighted by molar-refractivity contribution is 5.82. The molecule has 0 fully saturated rings. The van der Waals surface area contributed by atoms with Crippen LogP contribution in [0.1, 0.15) is 0 Å². The normalized spacial score (nSPS) is 10.9. The Kier molecular flexibility index (Phi) is 4.68. The van der Waals surface area contributed by atoms with Crippen LogP contribution in [0.15, 0.2) is 91.2 Å². The maximum Gasteiger partial charge on any atom is 0.336 e. The number of fused-ring (bicyclic) bond motifs is 2. The average Bonchev–Trinajstić information content (AvgIpc) is 2.70. The molecule has 0 radical (unpaired) electrons. The summed E-state index contributed by atoms with van der Waals surface area (Å²) in [5.41, 5.74) is 0.552. The molecule has 2 aromatic carbocycles. The van der Waals surface area contributed by atoms with Gasteiger partial charge in [-0.3, -0.25) is 0 Å². The molecule has 6 nitrogen and oxygen atoms in total. The molecule has 0 saturated heterocycles. The standard InChI is InChI=1S/C22H16O6/c1-14(12-25-17-6-2-4-15-8-10-19(23)27-21(15)17)13-26-18-7-3-5-16-9-11-20(24)28-22(16)18/h2-11H,1,12-13H2. The third-order valence-corrected chi connectivity index (χ3v) is 4.09. The van der Waals surface area contributed by atoms with Crippen LogP contribution in [0.5, 0.6) is 11.5 Å². The summed E-state index contributed by atoms with van der Waals surface area (Å²) in [6.45, 7) is 4.29. The maximum atomic E-state index is 11.5. The number of hydrogen-bond acceptors (Lipinski definition) is 6. The lowest BCUT2D eigenvalue weighted by Gasteiger charge is -2.12. The zero-order valence-corrected chi connectivity index (χ0v) is 14.8. The molecule has 2 aromatic heterocycles. The summed E-state index contributed by atoms with van der Waals surface area (Å²) in [6, 6.07) is 16.8. The molecule has 0 amide bonds. The summed E-state index contributed by atoms with van der Waals surface area (Å²) in [5, 5.41) is 1.54.